The van der Waals surface area contributed by atoms with Crippen LogP contribution in [0.1, 0.15) is 39.7 Å². The van der Waals surface area contributed by atoms with E-state index in [1.807, 2.05) is 0 Å². The van der Waals surface area contributed by atoms with Crippen molar-refractivity contribution in [3.05, 3.63) is 29.8 Å². The maximum atomic E-state index is 12.3. The summed E-state index contributed by atoms with van der Waals surface area (Å²) in [4.78, 5) is 11.3. The zero-order valence-corrected chi connectivity index (χ0v) is 13.7. The van der Waals surface area contributed by atoms with Crippen molar-refractivity contribution in [2.75, 3.05) is 0 Å². The van der Waals surface area contributed by atoms with Gasteiger partial charge in [0.1, 0.15) is 5.54 Å². The normalized spacial score (nSPS) is 14.9. The first kappa shape index (κ1) is 17.7. The number of carboxylic acid groups (broad SMARTS) is 1. The van der Waals surface area contributed by atoms with Crippen molar-refractivity contribution in [2.24, 2.45) is 5.92 Å². The van der Waals surface area contributed by atoms with E-state index < -0.39 is 21.5 Å². The number of hydrogen-bond donors (Lipinski definition) is 2. The number of carbonyl (C=O) groups is 1. The van der Waals surface area contributed by atoms with E-state index in [0.717, 1.165) is 12.0 Å². The molecule has 21 heavy (non-hydrogen) atoms. The number of carboxylic acids is 1. The summed E-state index contributed by atoms with van der Waals surface area (Å²) in [5, 5.41) is 9.16. The van der Waals surface area contributed by atoms with E-state index >= 15 is 0 Å². The molecular formula is C15H23NO4S. The second kappa shape index (κ2) is 6.58. The van der Waals surface area contributed by atoms with Gasteiger partial charge in [0.25, 0.3) is 0 Å². The summed E-state index contributed by atoms with van der Waals surface area (Å²) < 4.78 is 26.8. The van der Waals surface area contributed by atoms with Crippen molar-refractivity contribution in [3.63, 3.8) is 0 Å². The Balaban J connectivity index is 3.00. The first-order valence-corrected chi connectivity index (χ1v) is 8.45. The van der Waals surface area contributed by atoms with Crippen LogP contribution in [0.25, 0.3) is 0 Å². The molecule has 1 unspecified atom stereocenters. The smallest absolute Gasteiger partial charge is 0.324 e. The van der Waals surface area contributed by atoms with Crippen LogP contribution in [0.2, 0.25) is 0 Å². The van der Waals surface area contributed by atoms with Gasteiger partial charge in [0, 0.05) is 0 Å². The van der Waals surface area contributed by atoms with Gasteiger partial charge in [-0.15, -0.1) is 0 Å². The Morgan fingerprint density at radius 1 is 1.29 bits per heavy atom. The minimum Gasteiger partial charge on any atom is -0.480 e. The molecule has 0 heterocycles. The van der Waals surface area contributed by atoms with Crippen LogP contribution < -0.4 is 4.72 Å². The minimum absolute atomic E-state index is 0.0796. The fourth-order valence-electron chi connectivity index (χ4n) is 1.90. The van der Waals surface area contributed by atoms with Gasteiger partial charge >= 0.3 is 5.97 Å². The summed E-state index contributed by atoms with van der Waals surface area (Å²) >= 11 is 0. The highest BCUT2D eigenvalue weighted by atomic mass is 32.2. The van der Waals surface area contributed by atoms with Crippen molar-refractivity contribution >= 4 is 16.0 Å². The highest BCUT2D eigenvalue weighted by molar-refractivity contribution is 7.89. The molecule has 0 saturated heterocycles. The largest absolute Gasteiger partial charge is 0.480 e. The monoisotopic (exact) mass is 313 g/mol. The predicted molar refractivity (Wildman–Crippen MR) is 81.6 cm³/mol. The topological polar surface area (TPSA) is 83.5 Å². The predicted octanol–water partition coefficient (Wildman–Crippen LogP) is 2.42. The third-order valence-corrected chi connectivity index (χ3v) is 5.03. The van der Waals surface area contributed by atoms with Crippen molar-refractivity contribution in [1.29, 1.82) is 0 Å². The Hall–Kier alpha value is -1.40. The summed E-state index contributed by atoms with van der Waals surface area (Å²) in [6.45, 7) is 7.17. The van der Waals surface area contributed by atoms with Crippen molar-refractivity contribution in [3.8, 4) is 0 Å². The molecule has 0 radical (unpaired) electrons. The minimum atomic E-state index is -3.85. The van der Waals surface area contributed by atoms with Gasteiger partial charge in [-0.1, -0.05) is 32.9 Å². The molecular weight excluding hydrogens is 290 g/mol. The van der Waals surface area contributed by atoms with Crippen LogP contribution in [0, 0.1) is 5.92 Å². The number of benzene rings is 1. The standard InChI is InChI=1S/C15H23NO4S/c1-5-15(4,14(17)18)16-21(19,20)13-8-6-12(7-9-13)10-11(2)3/h6-9,11,16H,5,10H2,1-4H3,(H,17,18). The molecule has 1 aromatic carbocycles. The highest BCUT2D eigenvalue weighted by Gasteiger charge is 2.36. The van der Waals surface area contributed by atoms with Crippen molar-refractivity contribution < 1.29 is 18.3 Å². The van der Waals surface area contributed by atoms with Crippen LogP contribution in [0.3, 0.4) is 0 Å². The summed E-state index contributed by atoms with van der Waals surface area (Å²) in [6, 6.07) is 6.55. The maximum Gasteiger partial charge on any atom is 0.324 e. The Bertz CT molecular complexity index is 593. The van der Waals surface area contributed by atoms with Gasteiger partial charge in [0.05, 0.1) is 4.90 Å². The van der Waals surface area contributed by atoms with Crippen molar-refractivity contribution in [2.45, 2.75) is 51.0 Å². The van der Waals surface area contributed by atoms with Crippen LogP contribution in [-0.4, -0.2) is 25.0 Å². The second-order valence-electron chi connectivity index (χ2n) is 5.84. The lowest BCUT2D eigenvalue weighted by Crippen LogP contribution is -2.51. The fourth-order valence-corrected chi connectivity index (χ4v) is 3.34. The lowest BCUT2D eigenvalue weighted by molar-refractivity contribution is -0.143. The van der Waals surface area contributed by atoms with Gasteiger partial charge in [-0.2, -0.15) is 4.72 Å². The van der Waals surface area contributed by atoms with Gasteiger partial charge < -0.3 is 5.11 Å². The third-order valence-electron chi connectivity index (χ3n) is 3.42. The van der Waals surface area contributed by atoms with Crippen molar-refractivity contribution in [1.82, 2.24) is 4.72 Å². The molecule has 1 atom stereocenters. The highest BCUT2D eigenvalue weighted by Crippen LogP contribution is 2.18. The van der Waals surface area contributed by atoms with Gasteiger partial charge in [-0.3, -0.25) is 4.79 Å². The average Bonchev–Trinajstić information content (AvgIpc) is 2.37. The fraction of sp³-hybridized carbons (Fsp3) is 0.533. The number of aliphatic carboxylic acids is 1. The Kier molecular flexibility index (Phi) is 5.53. The lowest BCUT2D eigenvalue weighted by Gasteiger charge is -2.24. The molecule has 5 nitrogen and oxygen atoms in total. The first-order chi connectivity index (χ1) is 9.60. The molecule has 6 heteroatoms. The number of rotatable bonds is 7. The van der Waals surface area contributed by atoms with E-state index in [4.69, 9.17) is 5.11 Å². The average molecular weight is 313 g/mol. The number of nitrogens with one attached hydrogen (secondary N) is 1. The second-order valence-corrected chi connectivity index (χ2v) is 7.52. The molecule has 118 valence electrons. The number of hydrogen-bond acceptors (Lipinski definition) is 3. The van der Waals surface area contributed by atoms with Crippen LogP contribution in [0.4, 0.5) is 0 Å². The zero-order valence-electron chi connectivity index (χ0n) is 12.9. The third kappa shape index (κ3) is 4.54. The molecule has 0 bridgehead atoms. The van der Waals surface area contributed by atoms with E-state index in [1.54, 1.807) is 19.1 Å². The molecule has 0 aliphatic carbocycles. The lowest BCUT2D eigenvalue weighted by atomic mass is 10.0. The Morgan fingerprint density at radius 3 is 2.19 bits per heavy atom. The van der Waals surface area contributed by atoms with E-state index in [2.05, 4.69) is 18.6 Å². The molecule has 0 aromatic heterocycles. The first-order valence-electron chi connectivity index (χ1n) is 6.97. The van der Waals surface area contributed by atoms with E-state index in [1.165, 1.54) is 19.1 Å². The summed E-state index contributed by atoms with van der Waals surface area (Å²) in [5.41, 5.74) is -0.449. The molecule has 1 aromatic rings. The summed E-state index contributed by atoms with van der Waals surface area (Å²) in [5.74, 6) is -0.703. The molecule has 0 fully saturated rings. The summed E-state index contributed by atoms with van der Waals surface area (Å²) in [6.07, 6.45) is 1.03. The van der Waals surface area contributed by atoms with E-state index in [-0.39, 0.29) is 11.3 Å². The zero-order chi connectivity index (χ0) is 16.3. The SMILES string of the molecule is CCC(C)(NS(=O)(=O)c1ccc(CC(C)C)cc1)C(=O)O. The van der Waals surface area contributed by atoms with Crippen LogP contribution in [0.15, 0.2) is 29.2 Å². The van der Waals surface area contributed by atoms with Crippen LogP contribution in [-0.2, 0) is 21.2 Å². The molecule has 0 amide bonds. The van der Waals surface area contributed by atoms with E-state index in [9.17, 15) is 13.2 Å². The maximum absolute atomic E-state index is 12.3. The van der Waals surface area contributed by atoms with Gasteiger partial charge in [0.15, 0.2) is 0 Å². The van der Waals surface area contributed by atoms with E-state index in [0.29, 0.717) is 5.92 Å². The molecule has 0 spiro atoms. The quantitative estimate of drug-likeness (QED) is 0.809. The molecule has 0 saturated carbocycles. The van der Waals surface area contributed by atoms with Gasteiger partial charge in [0.2, 0.25) is 10.0 Å². The molecule has 2 N–H and O–H groups in total. The van der Waals surface area contributed by atoms with Gasteiger partial charge in [-0.05, 0) is 43.4 Å². The number of sulfonamides is 1. The van der Waals surface area contributed by atoms with Crippen LogP contribution in [0.5, 0.6) is 0 Å². The molecule has 0 aliphatic heterocycles. The van der Waals surface area contributed by atoms with Gasteiger partial charge in [-0.25, -0.2) is 8.42 Å². The Labute approximate surface area is 126 Å². The summed E-state index contributed by atoms with van der Waals surface area (Å²) in [7, 11) is -3.85. The van der Waals surface area contributed by atoms with Crippen LogP contribution >= 0.6 is 0 Å². The Morgan fingerprint density at radius 2 is 1.81 bits per heavy atom. The molecule has 0 aliphatic rings. The molecule has 1 rings (SSSR count).